The molecule has 0 saturated carbocycles. The highest BCUT2D eigenvalue weighted by atomic mass is 32.2. The summed E-state index contributed by atoms with van der Waals surface area (Å²) in [5.74, 6) is -0.285. The molecule has 0 spiro atoms. The number of carbonyl (C=O) groups is 1. The van der Waals surface area contributed by atoms with E-state index in [2.05, 4.69) is 15.5 Å². The van der Waals surface area contributed by atoms with Gasteiger partial charge in [-0.2, -0.15) is 18.3 Å². The number of halogens is 3. The fourth-order valence-electron chi connectivity index (χ4n) is 2.18. The van der Waals surface area contributed by atoms with Gasteiger partial charge in [-0.1, -0.05) is 36.0 Å². The van der Waals surface area contributed by atoms with Crippen molar-refractivity contribution in [3.63, 3.8) is 0 Å². The van der Waals surface area contributed by atoms with E-state index in [0.717, 1.165) is 28.8 Å². The van der Waals surface area contributed by atoms with Crippen molar-refractivity contribution >= 4 is 40.4 Å². The summed E-state index contributed by atoms with van der Waals surface area (Å²) in [7, 11) is 0. The van der Waals surface area contributed by atoms with Crippen molar-refractivity contribution in [2.24, 2.45) is 10.2 Å². The monoisotopic (exact) mass is 383 g/mol. The zero-order valence-electron chi connectivity index (χ0n) is 12.7. The average Bonchev–Trinajstić information content (AvgIpc) is 3.18. The number of hydrogen-bond donors (Lipinski definition) is 1. The van der Waals surface area contributed by atoms with Crippen LogP contribution in [0.15, 0.2) is 52.0 Å². The summed E-state index contributed by atoms with van der Waals surface area (Å²) >= 11 is 2.67. The predicted molar refractivity (Wildman–Crippen MR) is 94.0 cm³/mol. The van der Waals surface area contributed by atoms with Gasteiger partial charge in [-0.25, -0.2) is 0 Å². The van der Waals surface area contributed by atoms with Crippen LogP contribution in [-0.2, 0) is 17.4 Å². The summed E-state index contributed by atoms with van der Waals surface area (Å²) < 4.78 is 38.3. The molecule has 1 atom stereocenters. The first-order chi connectivity index (χ1) is 11.9. The zero-order chi connectivity index (χ0) is 17.9. The highest BCUT2D eigenvalue weighted by molar-refractivity contribution is 8.15. The van der Waals surface area contributed by atoms with Gasteiger partial charge in [0.25, 0.3) is 0 Å². The van der Waals surface area contributed by atoms with E-state index in [1.165, 1.54) is 17.4 Å². The zero-order valence-corrected chi connectivity index (χ0v) is 14.3. The van der Waals surface area contributed by atoms with Gasteiger partial charge in [0, 0.05) is 4.88 Å². The first kappa shape index (κ1) is 17.7. The molecule has 3 rings (SSSR count). The van der Waals surface area contributed by atoms with E-state index in [1.807, 2.05) is 17.5 Å². The first-order valence-corrected chi connectivity index (χ1v) is 8.96. The summed E-state index contributed by atoms with van der Waals surface area (Å²) in [4.78, 5) is 12.9. The van der Waals surface area contributed by atoms with Crippen LogP contribution in [0.4, 0.5) is 13.2 Å². The second-order valence-electron chi connectivity index (χ2n) is 5.16. The number of amides is 1. The molecule has 0 aliphatic carbocycles. The van der Waals surface area contributed by atoms with Gasteiger partial charge in [-0.15, -0.1) is 16.4 Å². The number of rotatable bonds is 4. The van der Waals surface area contributed by atoms with Crippen LogP contribution in [0.2, 0.25) is 0 Å². The number of alkyl halides is 3. The maximum atomic E-state index is 12.8. The summed E-state index contributed by atoms with van der Waals surface area (Å²) in [5, 5.41) is 12.2. The second kappa shape index (κ2) is 7.40. The van der Waals surface area contributed by atoms with Crippen LogP contribution in [0.1, 0.15) is 16.0 Å². The standard InChI is InChI=1S/C16H12F3N3OS2/c17-16(18,19)11-4-1-3-10(7-11)8-13-14(23)21-15(25-13)22-20-9-12-5-2-6-24-12/h1-7,9,13H,8H2,(H,21,22,23). The molecule has 9 heteroatoms. The van der Waals surface area contributed by atoms with Crippen molar-refractivity contribution < 1.29 is 18.0 Å². The molecule has 4 nitrogen and oxygen atoms in total. The summed E-state index contributed by atoms with van der Waals surface area (Å²) in [6.07, 6.45) is -2.64. The topological polar surface area (TPSA) is 53.8 Å². The Hall–Kier alpha value is -2.13. The third kappa shape index (κ3) is 4.70. The third-order valence-corrected chi connectivity index (χ3v) is 5.21. The molecule has 1 aliphatic heterocycles. The van der Waals surface area contributed by atoms with Gasteiger partial charge < -0.3 is 5.32 Å². The van der Waals surface area contributed by atoms with Gasteiger partial charge in [-0.05, 0) is 29.5 Å². The Balaban J connectivity index is 1.65. The number of amidine groups is 1. The number of hydrogen-bond acceptors (Lipinski definition) is 5. The Bertz CT molecular complexity index is 816. The number of carbonyl (C=O) groups excluding carboxylic acids is 1. The third-order valence-electron chi connectivity index (χ3n) is 3.33. The van der Waals surface area contributed by atoms with Gasteiger partial charge in [0.15, 0.2) is 5.17 Å². The van der Waals surface area contributed by atoms with E-state index in [1.54, 1.807) is 12.3 Å². The number of thioether (sulfide) groups is 1. The van der Waals surface area contributed by atoms with Crippen molar-refractivity contribution in [2.75, 3.05) is 0 Å². The Morgan fingerprint density at radius 2 is 2.08 bits per heavy atom. The Kier molecular flexibility index (Phi) is 5.24. The van der Waals surface area contributed by atoms with E-state index < -0.39 is 17.0 Å². The lowest BCUT2D eigenvalue weighted by Gasteiger charge is -2.10. The second-order valence-corrected chi connectivity index (χ2v) is 7.33. The highest BCUT2D eigenvalue weighted by Gasteiger charge is 2.33. The highest BCUT2D eigenvalue weighted by Crippen LogP contribution is 2.31. The molecule has 1 aliphatic rings. The van der Waals surface area contributed by atoms with Crippen LogP contribution >= 0.6 is 23.1 Å². The fourth-order valence-corrected chi connectivity index (χ4v) is 3.72. The first-order valence-electron chi connectivity index (χ1n) is 7.20. The minimum Gasteiger partial charge on any atom is -0.303 e. The van der Waals surface area contributed by atoms with Crippen LogP contribution in [-0.4, -0.2) is 22.5 Å². The summed E-state index contributed by atoms with van der Waals surface area (Å²) in [6.45, 7) is 0. The predicted octanol–water partition coefficient (Wildman–Crippen LogP) is 3.93. The molecule has 1 aromatic heterocycles. The lowest BCUT2D eigenvalue weighted by atomic mass is 10.1. The lowest BCUT2D eigenvalue weighted by Crippen LogP contribution is -2.26. The van der Waals surface area contributed by atoms with Crippen LogP contribution in [0.25, 0.3) is 0 Å². The van der Waals surface area contributed by atoms with Gasteiger partial charge in [0.2, 0.25) is 5.91 Å². The van der Waals surface area contributed by atoms with Gasteiger partial charge in [0.05, 0.1) is 17.0 Å². The minimum atomic E-state index is -4.40. The minimum absolute atomic E-state index is 0.189. The molecular weight excluding hydrogens is 371 g/mol. The summed E-state index contributed by atoms with van der Waals surface area (Å²) in [5.41, 5.74) is -0.270. The van der Waals surface area contributed by atoms with Crippen molar-refractivity contribution in [1.82, 2.24) is 5.32 Å². The molecule has 2 heterocycles. The van der Waals surface area contributed by atoms with Crippen LogP contribution < -0.4 is 5.32 Å². The Morgan fingerprint density at radius 3 is 2.80 bits per heavy atom. The molecule has 1 amide bonds. The van der Waals surface area contributed by atoms with E-state index in [0.29, 0.717) is 10.7 Å². The molecule has 1 unspecified atom stereocenters. The van der Waals surface area contributed by atoms with Crippen molar-refractivity contribution in [1.29, 1.82) is 0 Å². The van der Waals surface area contributed by atoms with Crippen molar-refractivity contribution in [3.05, 3.63) is 57.8 Å². The molecule has 0 radical (unpaired) electrons. The van der Waals surface area contributed by atoms with Gasteiger partial charge >= 0.3 is 6.18 Å². The molecule has 1 fully saturated rings. The molecule has 130 valence electrons. The maximum absolute atomic E-state index is 12.8. The van der Waals surface area contributed by atoms with E-state index >= 15 is 0 Å². The number of nitrogens with one attached hydrogen (secondary N) is 1. The number of benzene rings is 1. The smallest absolute Gasteiger partial charge is 0.303 e. The number of thiophene rings is 1. The van der Waals surface area contributed by atoms with Crippen LogP contribution in [0, 0.1) is 0 Å². The molecule has 1 aromatic carbocycles. The van der Waals surface area contributed by atoms with Crippen molar-refractivity contribution in [2.45, 2.75) is 17.8 Å². The molecule has 0 bridgehead atoms. The Morgan fingerprint density at radius 1 is 1.24 bits per heavy atom. The molecular formula is C16H12F3N3OS2. The van der Waals surface area contributed by atoms with Gasteiger partial charge in [-0.3, -0.25) is 4.79 Å². The lowest BCUT2D eigenvalue weighted by molar-refractivity contribution is -0.137. The molecule has 1 N–H and O–H groups in total. The van der Waals surface area contributed by atoms with E-state index in [-0.39, 0.29) is 12.3 Å². The normalized spacial score (nSPS) is 19.7. The number of nitrogens with zero attached hydrogens (tertiary/aromatic N) is 2. The van der Waals surface area contributed by atoms with Crippen molar-refractivity contribution in [3.8, 4) is 0 Å². The largest absolute Gasteiger partial charge is 0.416 e. The molecule has 1 saturated heterocycles. The van der Waals surface area contributed by atoms with Gasteiger partial charge in [0.1, 0.15) is 0 Å². The molecule has 25 heavy (non-hydrogen) atoms. The fraction of sp³-hybridized carbons (Fsp3) is 0.188. The van der Waals surface area contributed by atoms with E-state index in [9.17, 15) is 18.0 Å². The molecule has 2 aromatic rings. The van der Waals surface area contributed by atoms with Crippen LogP contribution in [0.3, 0.4) is 0 Å². The Labute approximate surface area is 149 Å². The SMILES string of the molecule is O=C1NC(=NN=Cc2cccs2)SC1Cc1cccc(C(F)(F)F)c1. The average molecular weight is 383 g/mol. The van der Waals surface area contributed by atoms with Crippen LogP contribution in [0.5, 0.6) is 0 Å². The maximum Gasteiger partial charge on any atom is 0.416 e. The van der Waals surface area contributed by atoms with E-state index in [4.69, 9.17) is 0 Å². The summed E-state index contributed by atoms with van der Waals surface area (Å²) in [6, 6.07) is 8.76. The quantitative estimate of drug-likeness (QED) is 0.642.